The molecule has 1 aliphatic heterocycles. The molecule has 6 heteroatoms. The SMILES string of the molecule is CC1CNC(=N[N+](=O)[O-])N1. The van der Waals surface area contributed by atoms with Crippen molar-refractivity contribution in [3.05, 3.63) is 10.1 Å². The van der Waals surface area contributed by atoms with Crippen LogP contribution in [0.2, 0.25) is 0 Å². The minimum Gasteiger partial charge on any atom is -0.349 e. The molecule has 0 aliphatic carbocycles. The maximum atomic E-state index is 9.80. The molecule has 1 unspecified atom stereocenters. The van der Waals surface area contributed by atoms with Crippen LogP contribution in [0.15, 0.2) is 5.10 Å². The molecule has 0 spiro atoms. The van der Waals surface area contributed by atoms with Crippen molar-refractivity contribution in [2.75, 3.05) is 6.54 Å². The maximum absolute atomic E-state index is 9.80. The summed E-state index contributed by atoms with van der Waals surface area (Å²) in [5.74, 6) is 0.248. The zero-order valence-electron chi connectivity index (χ0n) is 5.50. The highest BCUT2D eigenvalue weighted by Crippen LogP contribution is 1.87. The summed E-state index contributed by atoms with van der Waals surface area (Å²) in [6, 6.07) is 0.221. The molecule has 0 saturated carbocycles. The summed E-state index contributed by atoms with van der Waals surface area (Å²) in [6.45, 7) is 2.60. The van der Waals surface area contributed by atoms with Crippen molar-refractivity contribution in [3.8, 4) is 0 Å². The summed E-state index contributed by atoms with van der Waals surface area (Å²) in [4.78, 5) is 9.80. The average molecular weight is 144 g/mol. The number of guanidine groups is 1. The molecule has 1 atom stereocenters. The smallest absolute Gasteiger partial charge is 0.269 e. The summed E-state index contributed by atoms with van der Waals surface area (Å²) in [5, 5.41) is 17.6. The van der Waals surface area contributed by atoms with Crippen LogP contribution in [0, 0.1) is 10.1 Å². The predicted molar refractivity (Wildman–Crippen MR) is 35.0 cm³/mol. The highest BCUT2D eigenvalue weighted by Gasteiger charge is 2.16. The van der Waals surface area contributed by atoms with Crippen LogP contribution >= 0.6 is 0 Å². The Morgan fingerprint density at radius 2 is 2.60 bits per heavy atom. The lowest BCUT2D eigenvalue weighted by Crippen LogP contribution is -2.27. The molecule has 1 heterocycles. The van der Waals surface area contributed by atoms with Crippen molar-refractivity contribution in [2.45, 2.75) is 13.0 Å². The Kier molecular flexibility index (Phi) is 1.70. The van der Waals surface area contributed by atoms with Crippen LogP contribution in [0.25, 0.3) is 0 Å². The number of hydrogen-bond acceptors (Lipinski definition) is 2. The Labute approximate surface area is 57.4 Å². The summed E-state index contributed by atoms with van der Waals surface area (Å²) in [5.41, 5.74) is 0. The molecule has 1 rings (SSSR count). The first kappa shape index (κ1) is 6.79. The molecule has 1 aliphatic rings. The molecule has 10 heavy (non-hydrogen) atoms. The topological polar surface area (TPSA) is 79.6 Å². The van der Waals surface area contributed by atoms with Crippen LogP contribution < -0.4 is 10.6 Å². The fourth-order valence-electron chi connectivity index (χ4n) is 0.731. The molecule has 0 amide bonds. The van der Waals surface area contributed by atoms with Crippen LogP contribution in [0.4, 0.5) is 0 Å². The molecule has 56 valence electrons. The zero-order chi connectivity index (χ0) is 7.56. The van der Waals surface area contributed by atoms with Gasteiger partial charge in [0, 0.05) is 12.6 Å². The maximum Gasteiger partial charge on any atom is 0.269 e. The summed E-state index contributed by atoms with van der Waals surface area (Å²) >= 11 is 0. The first-order chi connectivity index (χ1) is 4.68. The van der Waals surface area contributed by atoms with Gasteiger partial charge in [-0.05, 0) is 6.92 Å². The first-order valence-electron chi connectivity index (χ1n) is 2.92. The van der Waals surface area contributed by atoms with Crippen molar-refractivity contribution in [3.63, 3.8) is 0 Å². The fraction of sp³-hybridized carbons (Fsp3) is 0.750. The van der Waals surface area contributed by atoms with E-state index < -0.39 is 5.03 Å². The van der Waals surface area contributed by atoms with E-state index in [9.17, 15) is 10.1 Å². The summed E-state index contributed by atoms with van der Waals surface area (Å²) in [6.07, 6.45) is 0. The van der Waals surface area contributed by atoms with E-state index in [1.54, 1.807) is 0 Å². The van der Waals surface area contributed by atoms with Gasteiger partial charge in [-0.1, -0.05) is 0 Å². The summed E-state index contributed by atoms with van der Waals surface area (Å²) in [7, 11) is 0. The number of nitrogens with zero attached hydrogens (tertiary/aromatic N) is 2. The highest BCUT2D eigenvalue weighted by atomic mass is 16.7. The lowest BCUT2D eigenvalue weighted by molar-refractivity contribution is -0.485. The van der Waals surface area contributed by atoms with Crippen molar-refractivity contribution < 1.29 is 5.03 Å². The molecule has 6 nitrogen and oxygen atoms in total. The monoisotopic (exact) mass is 144 g/mol. The first-order valence-corrected chi connectivity index (χ1v) is 2.92. The third kappa shape index (κ3) is 1.57. The zero-order valence-corrected chi connectivity index (χ0v) is 5.50. The lowest BCUT2D eigenvalue weighted by Gasteiger charge is -1.94. The lowest BCUT2D eigenvalue weighted by atomic mass is 10.4. The van der Waals surface area contributed by atoms with Crippen LogP contribution in [-0.4, -0.2) is 23.6 Å². The third-order valence-electron chi connectivity index (χ3n) is 1.14. The quantitative estimate of drug-likeness (QED) is 0.370. The largest absolute Gasteiger partial charge is 0.349 e. The van der Waals surface area contributed by atoms with Gasteiger partial charge in [0.1, 0.15) is 5.10 Å². The van der Waals surface area contributed by atoms with Crippen molar-refractivity contribution in [1.82, 2.24) is 10.6 Å². The molecule has 1 fully saturated rings. The van der Waals surface area contributed by atoms with E-state index in [-0.39, 0.29) is 12.0 Å². The van der Waals surface area contributed by atoms with E-state index in [4.69, 9.17) is 0 Å². The number of rotatable bonds is 1. The predicted octanol–water partition coefficient (Wildman–Crippen LogP) is -0.885. The van der Waals surface area contributed by atoms with Gasteiger partial charge in [0.25, 0.3) is 5.96 Å². The van der Waals surface area contributed by atoms with Gasteiger partial charge in [0.2, 0.25) is 0 Å². The molecule has 0 aromatic carbocycles. The third-order valence-corrected chi connectivity index (χ3v) is 1.14. The Morgan fingerprint density at radius 3 is 3.00 bits per heavy atom. The molecule has 0 aromatic rings. The van der Waals surface area contributed by atoms with Gasteiger partial charge < -0.3 is 10.6 Å². The van der Waals surface area contributed by atoms with Gasteiger partial charge in [-0.15, -0.1) is 0 Å². The normalized spacial score (nSPS) is 27.7. The van der Waals surface area contributed by atoms with E-state index in [0.29, 0.717) is 6.54 Å². The van der Waals surface area contributed by atoms with Gasteiger partial charge in [0.15, 0.2) is 5.03 Å². The number of nitro groups is 1. The summed E-state index contributed by atoms with van der Waals surface area (Å²) < 4.78 is 0. The van der Waals surface area contributed by atoms with E-state index in [0.717, 1.165) is 0 Å². The molecule has 2 N–H and O–H groups in total. The Bertz CT molecular complexity index is 178. The van der Waals surface area contributed by atoms with Gasteiger partial charge in [-0.25, -0.2) is 10.1 Å². The van der Waals surface area contributed by atoms with E-state index >= 15 is 0 Å². The Morgan fingerprint density at radius 1 is 1.90 bits per heavy atom. The Hall–Kier alpha value is -1.33. The molecular formula is C4H8N4O2. The van der Waals surface area contributed by atoms with Crippen molar-refractivity contribution in [2.24, 2.45) is 5.10 Å². The van der Waals surface area contributed by atoms with E-state index in [1.165, 1.54) is 0 Å². The second-order valence-electron chi connectivity index (χ2n) is 2.11. The molecular weight excluding hydrogens is 136 g/mol. The van der Waals surface area contributed by atoms with Crippen molar-refractivity contribution in [1.29, 1.82) is 0 Å². The minimum absolute atomic E-state index is 0.221. The fourth-order valence-corrected chi connectivity index (χ4v) is 0.731. The van der Waals surface area contributed by atoms with Crippen LogP contribution in [-0.2, 0) is 0 Å². The van der Waals surface area contributed by atoms with Gasteiger partial charge in [0.05, 0.1) is 0 Å². The second-order valence-corrected chi connectivity index (χ2v) is 2.11. The molecule has 0 aromatic heterocycles. The highest BCUT2D eigenvalue weighted by molar-refractivity contribution is 5.81. The molecule has 0 radical (unpaired) electrons. The van der Waals surface area contributed by atoms with Gasteiger partial charge >= 0.3 is 0 Å². The molecule has 1 saturated heterocycles. The molecule has 0 bridgehead atoms. The van der Waals surface area contributed by atoms with Gasteiger partial charge in [-0.3, -0.25) is 0 Å². The minimum atomic E-state index is -0.729. The second kappa shape index (κ2) is 2.51. The van der Waals surface area contributed by atoms with Crippen molar-refractivity contribution >= 4 is 5.96 Å². The van der Waals surface area contributed by atoms with E-state index in [2.05, 4.69) is 15.7 Å². The Balaban J connectivity index is 2.51. The van der Waals surface area contributed by atoms with Gasteiger partial charge in [-0.2, -0.15) is 0 Å². The van der Waals surface area contributed by atoms with E-state index in [1.807, 2.05) is 6.92 Å². The van der Waals surface area contributed by atoms with Crippen LogP contribution in [0.3, 0.4) is 0 Å². The number of nitrogens with one attached hydrogen (secondary N) is 2. The number of hydrogen-bond donors (Lipinski definition) is 2. The van der Waals surface area contributed by atoms with Crippen LogP contribution in [0.5, 0.6) is 0 Å². The standard InChI is InChI=1S/C4H8N4O2/c1-3-2-5-4(6-3)7-8(9)10/h3H,2H2,1H3,(H2,5,6,7). The van der Waals surface area contributed by atoms with Crippen LogP contribution in [0.1, 0.15) is 6.92 Å². The number of hydrazone groups is 1. The average Bonchev–Trinajstić information content (AvgIpc) is 2.13.